The average molecular weight is 389 g/mol. The Morgan fingerprint density at radius 3 is 2.43 bits per heavy atom. The molecule has 0 radical (unpaired) electrons. The average Bonchev–Trinajstić information content (AvgIpc) is 2.70. The summed E-state index contributed by atoms with van der Waals surface area (Å²) in [6.45, 7) is -1.93. The van der Waals surface area contributed by atoms with Gasteiger partial charge in [-0.2, -0.15) is 8.78 Å². The summed E-state index contributed by atoms with van der Waals surface area (Å²) >= 11 is 0. The zero-order valence-corrected chi connectivity index (χ0v) is 15.7. The predicted molar refractivity (Wildman–Crippen MR) is 101 cm³/mol. The van der Waals surface area contributed by atoms with Crippen molar-refractivity contribution in [3.63, 3.8) is 0 Å². The number of halogens is 2. The van der Waals surface area contributed by atoms with Gasteiger partial charge in [0.15, 0.2) is 11.5 Å². The molecule has 7 heteroatoms. The van der Waals surface area contributed by atoms with Gasteiger partial charge in [-0.1, -0.05) is 18.2 Å². The first-order chi connectivity index (χ1) is 13.5. The maximum Gasteiger partial charge on any atom is 0.387 e. The van der Waals surface area contributed by atoms with Crippen molar-refractivity contribution in [2.75, 3.05) is 20.8 Å². The molecule has 2 aromatic carbocycles. The van der Waals surface area contributed by atoms with Crippen LogP contribution < -0.4 is 14.2 Å². The lowest BCUT2D eigenvalue weighted by atomic mass is 9.98. The van der Waals surface area contributed by atoms with E-state index in [0.29, 0.717) is 36.6 Å². The Balaban J connectivity index is 1.74. The highest BCUT2D eigenvalue weighted by Gasteiger charge is 2.21. The lowest BCUT2D eigenvalue weighted by molar-refractivity contribution is -0.126. The number of benzene rings is 2. The fraction of sp³-hybridized carbons (Fsp3) is 0.286. The Labute approximate surface area is 162 Å². The van der Waals surface area contributed by atoms with Gasteiger partial charge in [-0.05, 0) is 41.8 Å². The first-order valence-electron chi connectivity index (χ1n) is 8.76. The number of hydrogen-bond donors (Lipinski definition) is 0. The number of amides is 1. The molecule has 0 fully saturated rings. The maximum absolute atomic E-state index is 12.6. The third-order valence-electron chi connectivity index (χ3n) is 4.57. The van der Waals surface area contributed by atoms with Crippen molar-refractivity contribution < 1.29 is 27.8 Å². The molecule has 148 valence electrons. The number of nitrogens with zero attached hydrogens (tertiary/aromatic N) is 1. The molecule has 0 saturated carbocycles. The van der Waals surface area contributed by atoms with Gasteiger partial charge in [-0.25, -0.2) is 0 Å². The topological polar surface area (TPSA) is 48.0 Å². The number of rotatable bonds is 6. The number of para-hydroxylation sites is 1. The van der Waals surface area contributed by atoms with Gasteiger partial charge in [-0.3, -0.25) is 4.79 Å². The van der Waals surface area contributed by atoms with Gasteiger partial charge in [-0.15, -0.1) is 0 Å². The van der Waals surface area contributed by atoms with E-state index in [-0.39, 0.29) is 11.7 Å². The van der Waals surface area contributed by atoms with Crippen molar-refractivity contribution in [2.45, 2.75) is 19.6 Å². The van der Waals surface area contributed by atoms with E-state index in [4.69, 9.17) is 9.47 Å². The van der Waals surface area contributed by atoms with E-state index in [1.807, 2.05) is 12.1 Å². The van der Waals surface area contributed by atoms with Gasteiger partial charge < -0.3 is 19.1 Å². The number of hydrogen-bond acceptors (Lipinski definition) is 4. The summed E-state index contributed by atoms with van der Waals surface area (Å²) in [5.41, 5.74) is 2.52. The van der Waals surface area contributed by atoms with Crippen molar-refractivity contribution in [3.8, 4) is 17.2 Å². The fourth-order valence-electron chi connectivity index (χ4n) is 3.16. The zero-order chi connectivity index (χ0) is 20.1. The summed E-state index contributed by atoms with van der Waals surface area (Å²) in [5, 5.41) is 0. The van der Waals surface area contributed by atoms with Crippen LogP contribution in [0.15, 0.2) is 42.5 Å². The smallest absolute Gasteiger partial charge is 0.387 e. The Kier molecular flexibility index (Phi) is 6.13. The molecule has 1 heterocycles. The SMILES string of the molecule is COc1cc2c(cc1OC)CN(C(=O)/C=C/c1ccccc1OC(F)F)CC2. The summed E-state index contributed by atoms with van der Waals surface area (Å²) in [4.78, 5) is 14.3. The normalized spacial score (nSPS) is 13.5. The molecule has 0 unspecified atom stereocenters. The molecule has 2 aromatic rings. The molecule has 3 rings (SSSR count). The molecule has 28 heavy (non-hydrogen) atoms. The van der Waals surface area contributed by atoms with Gasteiger partial charge in [0.25, 0.3) is 0 Å². The molecule has 0 atom stereocenters. The van der Waals surface area contributed by atoms with Gasteiger partial charge in [0.2, 0.25) is 5.91 Å². The van der Waals surface area contributed by atoms with E-state index in [9.17, 15) is 13.6 Å². The van der Waals surface area contributed by atoms with Crippen LogP contribution in [-0.2, 0) is 17.8 Å². The van der Waals surface area contributed by atoms with Gasteiger partial charge in [0, 0.05) is 24.7 Å². The van der Waals surface area contributed by atoms with Crippen LogP contribution in [0, 0.1) is 0 Å². The highest BCUT2D eigenvalue weighted by atomic mass is 19.3. The van der Waals surface area contributed by atoms with Crippen molar-refractivity contribution in [2.24, 2.45) is 0 Å². The molecular formula is C21H21F2NO4. The van der Waals surface area contributed by atoms with Crippen LogP contribution in [-0.4, -0.2) is 38.2 Å². The molecule has 1 amide bonds. The number of methoxy groups -OCH3 is 2. The minimum Gasteiger partial charge on any atom is -0.493 e. The Bertz CT molecular complexity index is 883. The lowest BCUT2D eigenvalue weighted by Gasteiger charge is -2.28. The van der Waals surface area contributed by atoms with E-state index in [1.54, 1.807) is 37.3 Å². The van der Waals surface area contributed by atoms with Gasteiger partial charge in [0.1, 0.15) is 5.75 Å². The largest absolute Gasteiger partial charge is 0.493 e. The molecule has 0 aromatic heterocycles. The molecule has 0 N–H and O–H groups in total. The maximum atomic E-state index is 12.6. The summed E-state index contributed by atoms with van der Waals surface area (Å²) in [7, 11) is 3.15. The van der Waals surface area contributed by atoms with Crippen LogP contribution in [0.2, 0.25) is 0 Å². The van der Waals surface area contributed by atoms with E-state index in [2.05, 4.69) is 4.74 Å². The van der Waals surface area contributed by atoms with Crippen LogP contribution in [0.4, 0.5) is 8.78 Å². The number of fused-ring (bicyclic) bond motifs is 1. The highest BCUT2D eigenvalue weighted by Crippen LogP contribution is 2.33. The summed E-state index contributed by atoms with van der Waals surface area (Å²) < 4.78 is 40.1. The summed E-state index contributed by atoms with van der Waals surface area (Å²) in [6, 6.07) is 10.2. The number of carbonyl (C=O) groups excluding carboxylic acids is 1. The second kappa shape index (κ2) is 8.73. The molecule has 5 nitrogen and oxygen atoms in total. The van der Waals surface area contributed by atoms with Gasteiger partial charge in [0.05, 0.1) is 14.2 Å². The van der Waals surface area contributed by atoms with Crippen LogP contribution in [0.1, 0.15) is 16.7 Å². The number of carbonyl (C=O) groups is 1. The molecular weight excluding hydrogens is 368 g/mol. The Hall–Kier alpha value is -3.09. The van der Waals surface area contributed by atoms with Crippen molar-refractivity contribution in [1.82, 2.24) is 4.90 Å². The van der Waals surface area contributed by atoms with Crippen LogP contribution in [0.5, 0.6) is 17.2 Å². The molecule has 0 bridgehead atoms. The lowest BCUT2D eigenvalue weighted by Crippen LogP contribution is -2.34. The third-order valence-corrected chi connectivity index (χ3v) is 4.57. The standard InChI is InChI=1S/C21H21F2NO4/c1-26-18-11-15-9-10-24(13-16(15)12-19(18)27-2)20(25)8-7-14-5-3-4-6-17(14)28-21(22)23/h3-8,11-12,21H,9-10,13H2,1-2H3/b8-7+. The quantitative estimate of drug-likeness (QED) is 0.703. The molecule has 1 aliphatic heterocycles. The molecule has 0 aliphatic carbocycles. The summed E-state index contributed by atoms with van der Waals surface area (Å²) in [6.07, 6.45) is 3.56. The zero-order valence-electron chi connectivity index (χ0n) is 15.7. The fourth-order valence-corrected chi connectivity index (χ4v) is 3.16. The minimum atomic E-state index is -2.92. The molecule has 0 saturated heterocycles. The van der Waals surface area contributed by atoms with Crippen LogP contribution >= 0.6 is 0 Å². The highest BCUT2D eigenvalue weighted by molar-refractivity contribution is 5.92. The minimum absolute atomic E-state index is 0.0300. The van der Waals surface area contributed by atoms with E-state index in [1.165, 1.54) is 18.2 Å². The predicted octanol–water partition coefficient (Wildman–Crippen LogP) is 3.90. The van der Waals surface area contributed by atoms with E-state index < -0.39 is 6.61 Å². The van der Waals surface area contributed by atoms with Gasteiger partial charge >= 0.3 is 6.61 Å². The van der Waals surface area contributed by atoms with Crippen molar-refractivity contribution in [3.05, 3.63) is 59.2 Å². The third kappa shape index (κ3) is 4.42. The number of ether oxygens (including phenoxy) is 3. The molecule has 0 spiro atoms. The van der Waals surface area contributed by atoms with E-state index >= 15 is 0 Å². The monoisotopic (exact) mass is 389 g/mol. The van der Waals surface area contributed by atoms with E-state index in [0.717, 1.165) is 11.1 Å². The second-order valence-corrected chi connectivity index (χ2v) is 6.24. The van der Waals surface area contributed by atoms with Crippen molar-refractivity contribution >= 4 is 12.0 Å². The second-order valence-electron chi connectivity index (χ2n) is 6.24. The number of alkyl halides is 2. The first-order valence-corrected chi connectivity index (χ1v) is 8.76. The van der Waals surface area contributed by atoms with Crippen LogP contribution in [0.25, 0.3) is 6.08 Å². The van der Waals surface area contributed by atoms with Crippen molar-refractivity contribution in [1.29, 1.82) is 0 Å². The first kappa shape index (κ1) is 19.7. The summed E-state index contributed by atoms with van der Waals surface area (Å²) in [5.74, 6) is 1.11. The Morgan fingerprint density at radius 1 is 1.07 bits per heavy atom. The van der Waals surface area contributed by atoms with Crippen LogP contribution in [0.3, 0.4) is 0 Å². The Morgan fingerprint density at radius 2 is 1.75 bits per heavy atom. The molecule has 1 aliphatic rings.